The Morgan fingerprint density at radius 2 is 2.19 bits per heavy atom. The van der Waals surface area contributed by atoms with Gasteiger partial charge in [0, 0.05) is 14.2 Å². The number of anilines is 1. The quantitative estimate of drug-likeness (QED) is 0.762. The van der Waals surface area contributed by atoms with E-state index < -0.39 is 18.4 Å². The van der Waals surface area contributed by atoms with Crippen molar-refractivity contribution in [3.05, 3.63) is 12.7 Å². The van der Waals surface area contributed by atoms with E-state index in [0.717, 1.165) is 0 Å². The van der Waals surface area contributed by atoms with Crippen LogP contribution in [0, 0.1) is 0 Å². The molecule has 0 aromatic carbocycles. The number of aliphatic hydroxyl groups is 1. The molecular weight excluding hydrogens is 278 g/mol. The molecule has 0 aliphatic carbocycles. The van der Waals surface area contributed by atoms with E-state index in [9.17, 15) is 5.11 Å². The van der Waals surface area contributed by atoms with Crippen molar-refractivity contribution >= 4 is 17.0 Å². The van der Waals surface area contributed by atoms with Gasteiger partial charge < -0.3 is 25.1 Å². The molecule has 0 spiro atoms. The number of imidazole rings is 1. The lowest BCUT2D eigenvalue weighted by molar-refractivity contribution is -0.0612. The van der Waals surface area contributed by atoms with Gasteiger partial charge in [0.1, 0.15) is 30.2 Å². The standard InChI is InChI=1S/C12H17N5O4/c1-19-3-6-9(20-2)8(18)12(21-6)17-5-16-7-10(13)14-4-15-11(7)17/h4-6,8-9,12,18H,3H2,1-2H3,(H2,13,14,15)/t6-,8?,9+,12-/m1/s1. The van der Waals surface area contributed by atoms with Crippen LogP contribution in [0.4, 0.5) is 5.82 Å². The maximum atomic E-state index is 10.4. The van der Waals surface area contributed by atoms with Gasteiger partial charge in [0.15, 0.2) is 17.7 Å². The number of nitrogens with two attached hydrogens (primary N) is 1. The number of fused-ring (bicyclic) bond motifs is 1. The maximum Gasteiger partial charge on any atom is 0.167 e. The van der Waals surface area contributed by atoms with E-state index in [0.29, 0.717) is 17.8 Å². The molecule has 114 valence electrons. The molecule has 0 radical (unpaired) electrons. The number of ether oxygens (including phenoxy) is 3. The van der Waals surface area contributed by atoms with Crippen molar-refractivity contribution in [1.29, 1.82) is 0 Å². The predicted octanol–water partition coefficient (Wildman–Crippen LogP) is -0.672. The first-order chi connectivity index (χ1) is 10.2. The second kappa shape index (κ2) is 5.53. The Labute approximate surface area is 120 Å². The van der Waals surface area contributed by atoms with Crippen LogP contribution < -0.4 is 5.73 Å². The summed E-state index contributed by atoms with van der Waals surface area (Å²) in [6.07, 6.45) is 0.449. The second-order valence-electron chi connectivity index (χ2n) is 4.79. The van der Waals surface area contributed by atoms with Crippen LogP contribution >= 0.6 is 0 Å². The fourth-order valence-corrected chi connectivity index (χ4v) is 2.60. The van der Waals surface area contributed by atoms with E-state index in [1.807, 2.05) is 0 Å². The summed E-state index contributed by atoms with van der Waals surface area (Å²) in [5.41, 5.74) is 6.73. The van der Waals surface area contributed by atoms with Gasteiger partial charge in [0.05, 0.1) is 12.9 Å². The van der Waals surface area contributed by atoms with E-state index in [-0.39, 0.29) is 11.9 Å². The van der Waals surface area contributed by atoms with E-state index in [1.54, 1.807) is 11.7 Å². The van der Waals surface area contributed by atoms with Gasteiger partial charge in [0.2, 0.25) is 0 Å². The highest BCUT2D eigenvalue weighted by molar-refractivity contribution is 5.81. The summed E-state index contributed by atoms with van der Waals surface area (Å²) in [5.74, 6) is 0.281. The topological polar surface area (TPSA) is 118 Å². The van der Waals surface area contributed by atoms with Crippen LogP contribution in [-0.4, -0.2) is 63.8 Å². The maximum absolute atomic E-state index is 10.4. The molecule has 0 saturated carbocycles. The molecule has 4 atom stereocenters. The number of methoxy groups -OCH3 is 2. The molecule has 21 heavy (non-hydrogen) atoms. The van der Waals surface area contributed by atoms with Gasteiger partial charge in [-0.25, -0.2) is 15.0 Å². The molecule has 9 heteroatoms. The first-order valence-electron chi connectivity index (χ1n) is 6.45. The Morgan fingerprint density at radius 1 is 1.38 bits per heavy atom. The minimum atomic E-state index is -0.872. The molecule has 2 aromatic heterocycles. The predicted molar refractivity (Wildman–Crippen MR) is 72.3 cm³/mol. The third-order valence-electron chi connectivity index (χ3n) is 3.57. The summed E-state index contributed by atoms with van der Waals surface area (Å²) in [7, 11) is 3.09. The minimum Gasteiger partial charge on any atom is -0.386 e. The number of aliphatic hydroxyl groups excluding tert-OH is 1. The second-order valence-corrected chi connectivity index (χ2v) is 4.79. The molecule has 1 saturated heterocycles. The van der Waals surface area contributed by atoms with Gasteiger partial charge in [-0.05, 0) is 0 Å². The zero-order valence-corrected chi connectivity index (χ0v) is 11.7. The number of nitrogen functional groups attached to an aromatic ring is 1. The molecule has 1 aliphatic heterocycles. The highest BCUT2D eigenvalue weighted by Crippen LogP contribution is 2.33. The number of nitrogens with zero attached hydrogens (tertiary/aromatic N) is 4. The largest absolute Gasteiger partial charge is 0.386 e. The van der Waals surface area contributed by atoms with Crippen LogP contribution in [0.2, 0.25) is 0 Å². The average Bonchev–Trinajstić information content (AvgIpc) is 3.02. The monoisotopic (exact) mass is 295 g/mol. The summed E-state index contributed by atoms with van der Waals surface area (Å²) in [5, 5.41) is 10.4. The Balaban J connectivity index is 1.97. The third kappa shape index (κ3) is 2.23. The molecule has 3 N–H and O–H groups in total. The fourth-order valence-electron chi connectivity index (χ4n) is 2.60. The summed E-state index contributed by atoms with van der Waals surface area (Å²) in [4.78, 5) is 12.2. The van der Waals surface area contributed by atoms with E-state index in [2.05, 4.69) is 15.0 Å². The molecular formula is C12H17N5O4. The van der Waals surface area contributed by atoms with Crippen molar-refractivity contribution in [3.8, 4) is 0 Å². The van der Waals surface area contributed by atoms with Gasteiger partial charge >= 0.3 is 0 Å². The van der Waals surface area contributed by atoms with Crippen LogP contribution in [-0.2, 0) is 14.2 Å². The van der Waals surface area contributed by atoms with E-state index in [1.165, 1.54) is 19.8 Å². The normalized spacial score (nSPS) is 29.3. The Hall–Kier alpha value is -1.81. The third-order valence-corrected chi connectivity index (χ3v) is 3.57. The van der Waals surface area contributed by atoms with Crippen LogP contribution in [0.3, 0.4) is 0 Å². The SMILES string of the molecule is COC[C@H]1O[C@@H](n2cnc3c(N)ncnc32)C(O)[C@H]1OC. The number of rotatable bonds is 4. The molecule has 0 bridgehead atoms. The molecule has 9 nitrogen and oxygen atoms in total. The van der Waals surface area contributed by atoms with Crippen molar-refractivity contribution in [2.45, 2.75) is 24.5 Å². The van der Waals surface area contributed by atoms with Gasteiger partial charge in [-0.15, -0.1) is 0 Å². The fraction of sp³-hybridized carbons (Fsp3) is 0.583. The lowest BCUT2D eigenvalue weighted by atomic mass is 10.1. The lowest BCUT2D eigenvalue weighted by Gasteiger charge is -2.18. The molecule has 1 aliphatic rings. The molecule has 0 amide bonds. The van der Waals surface area contributed by atoms with Crippen molar-refractivity contribution in [2.24, 2.45) is 0 Å². The molecule has 3 heterocycles. The van der Waals surface area contributed by atoms with Crippen LogP contribution in [0.1, 0.15) is 6.23 Å². The summed E-state index contributed by atoms with van der Waals surface area (Å²) in [6, 6.07) is 0. The Kier molecular flexibility index (Phi) is 3.72. The Morgan fingerprint density at radius 3 is 2.90 bits per heavy atom. The lowest BCUT2D eigenvalue weighted by Crippen LogP contribution is -2.35. The first kappa shape index (κ1) is 14.1. The van der Waals surface area contributed by atoms with E-state index in [4.69, 9.17) is 19.9 Å². The smallest absolute Gasteiger partial charge is 0.167 e. The number of hydrogen-bond donors (Lipinski definition) is 2. The van der Waals surface area contributed by atoms with Crippen molar-refractivity contribution in [2.75, 3.05) is 26.6 Å². The van der Waals surface area contributed by atoms with Crippen LogP contribution in [0.25, 0.3) is 11.2 Å². The van der Waals surface area contributed by atoms with E-state index >= 15 is 0 Å². The zero-order chi connectivity index (χ0) is 15.0. The van der Waals surface area contributed by atoms with Crippen molar-refractivity contribution in [1.82, 2.24) is 19.5 Å². The highest BCUT2D eigenvalue weighted by Gasteiger charge is 2.45. The Bertz CT molecular complexity index is 633. The van der Waals surface area contributed by atoms with Crippen molar-refractivity contribution in [3.63, 3.8) is 0 Å². The van der Waals surface area contributed by atoms with Crippen LogP contribution in [0.15, 0.2) is 12.7 Å². The van der Waals surface area contributed by atoms with Gasteiger partial charge in [-0.1, -0.05) is 0 Å². The number of hydrogen-bond acceptors (Lipinski definition) is 8. The zero-order valence-electron chi connectivity index (χ0n) is 11.7. The van der Waals surface area contributed by atoms with Gasteiger partial charge in [-0.3, -0.25) is 4.57 Å². The molecule has 1 fully saturated rings. The molecule has 2 aromatic rings. The summed E-state index contributed by atoms with van der Waals surface area (Å²) in [6.45, 7) is 0.315. The average molecular weight is 295 g/mol. The number of aromatic nitrogens is 4. The van der Waals surface area contributed by atoms with Crippen molar-refractivity contribution < 1.29 is 19.3 Å². The molecule has 1 unspecified atom stereocenters. The summed E-state index contributed by atoms with van der Waals surface area (Å²) >= 11 is 0. The highest BCUT2D eigenvalue weighted by atomic mass is 16.6. The summed E-state index contributed by atoms with van der Waals surface area (Å²) < 4.78 is 17.9. The minimum absolute atomic E-state index is 0.281. The first-order valence-corrected chi connectivity index (χ1v) is 6.45. The van der Waals surface area contributed by atoms with Gasteiger partial charge in [0.25, 0.3) is 0 Å². The van der Waals surface area contributed by atoms with Crippen LogP contribution in [0.5, 0.6) is 0 Å². The van der Waals surface area contributed by atoms with Gasteiger partial charge in [-0.2, -0.15) is 0 Å². The molecule has 3 rings (SSSR count).